The number of sulfonamides is 1. The number of amides is 3. The normalized spacial score (nSPS) is 18.0. The molecule has 1 aromatic heterocycles. The van der Waals surface area contributed by atoms with Gasteiger partial charge in [0, 0.05) is 19.5 Å². The molecule has 41 heavy (non-hydrogen) atoms. The van der Waals surface area contributed by atoms with Gasteiger partial charge in [0.25, 0.3) is 15.9 Å². The second kappa shape index (κ2) is 12.2. The predicted molar refractivity (Wildman–Crippen MR) is 152 cm³/mol. The number of hydrogen-bond donors (Lipinski definition) is 3. The highest BCUT2D eigenvalue weighted by atomic mass is 32.2. The van der Waals surface area contributed by atoms with Crippen LogP contribution in [0.5, 0.6) is 5.75 Å². The Morgan fingerprint density at radius 1 is 1.20 bits per heavy atom. The van der Waals surface area contributed by atoms with Crippen molar-refractivity contribution < 1.29 is 32.4 Å². The molecular formula is C28H35N5O7S. The van der Waals surface area contributed by atoms with Crippen LogP contribution in [-0.2, 0) is 10.0 Å². The molecule has 3 aromatic rings. The van der Waals surface area contributed by atoms with Crippen molar-refractivity contribution in [3.05, 3.63) is 65.5 Å². The third kappa shape index (κ3) is 6.46. The van der Waals surface area contributed by atoms with E-state index >= 15 is 0 Å². The fourth-order valence-electron chi connectivity index (χ4n) is 4.56. The largest absolute Gasteiger partial charge is 0.485 e. The summed E-state index contributed by atoms with van der Waals surface area (Å²) in [5.74, 6) is -0.203. The van der Waals surface area contributed by atoms with E-state index in [9.17, 15) is 23.1 Å². The Morgan fingerprint density at radius 3 is 2.54 bits per heavy atom. The van der Waals surface area contributed by atoms with Crippen molar-refractivity contribution in [1.29, 1.82) is 0 Å². The van der Waals surface area contributed by atoms with E-state index in [1.807, 2.05) is 6.92 Å². The number of aliphatic hydroxyl groups excluding tert-OH is 1. The number of ether oxygens (including phenoxy) is 1. The van der Waals surface area contributed by atoms with Crippen molar-refractivity contribution in [2.45, 2.75) is 44.7 Å². The third-order valence-electron chi connectivity index (χ3n) is 7.05. The predicted octanol–water partition coefficient (Wildman–Crippen LogP) is 3.48. The molecule has 0 unspecified atom stereocenters. The highest BCUT2D eigenvalue weighted by Crippen LogP contribution is 2.36. The minimum absolute atomic E-state index is 0.0447. The molecule has 220 valence electrons. The van der Waals surface area contributed by atoms with Crippen molar-refractivity contribution >= 4 is 33.3 Å². The van der Waals surface area contributed by atoms with Gasteiger partial charge >= 0.3 is 6.03 Å². The van der Waals surface area contributed by atoms with Crippen molar-refractivity contribution in [2.24, 2.45) is 5.92 Å². The molecule has 3 N–H and O–H groups in total. The number of benzene rings is 2. The summed E-state index contributed by atoms with van der Waals surface area (Å²) in [6.07, 6.45) is -0.655. The molecule has 0 fully saturated rings. The minimum Gasteiger partial charge on any atom is -0.485 e. The Hall–Kier alpha value is -4.10. The van der Waals surface area contributed by atoms with Crippen LogP contribution in [0, 0.1) is 19.8 Å². The number of aromatic nitrogens is 1. The Labute approximate surface area is 239 Å². The van der Waals surface area contributed by atoms with Crippen molar-refractivity contribution in [3.63, 3.8) is 0 Å². The number of aliphatic hydroxyl groups is 1. The third-order valence-corrected chi connectivity index (χ3v) is 8.44. The zero-order valence-electron chi connectivity index (χ0n) is 23.6. The smallest absolute Gasteiger partial charge is 0.321 e. The van der Waals surface area contributed by atoms with E-state index < -0.39 is 34.1 Å². The average molecular weight is 586 g/mol. The molecule has 3 atom stereocenters. The number of likely N-dealkylation sites (N-methyl/N-ethyl adjacent to an activating group) is 1. The number of para-hydroxylation sites is 1. The monoisotopic (exact) mass is 585 g/mol. The number of fused-ring (bicyclic) bond motifs is 1. The number of rotatable bonds is 8. The molecule has 12 nitrogen and oxygen atoms in total. The number of nitrogens with zero attached hydrogens (tertiary/aromatic N) is 3. The molecule has 0 saturated carbocycles. The van der Waals surface area contributed by atoms with Gasteiger partial charge in [-0.15, -0.1) is 0 Å². The highest BCUT2D eigenvalue weighted by molar-refractivity contribution is 7.92. The molecule has 0 spiro atoms. The lowest BCUT2D eigenvalue weighted by Crippen LogP contribution is -2.50. The summed E-state index contributed by atoms with van der Waals surface area (Å²) < 4.78 is 40.5. The highest BCUT2D eigenvalue weighted by Gasteiger charge is 2.35. The molecule has 1 aliphatic rings. The Morgan fingerprint density at radius 2 is 1.90 bits per heavy atom. The van der Waals surface area contributed by atoms with Crippen LogP contribution in [-0.4, -0.2) is 79.3 Å². The van der Waals surface area contributed by atoms with Crippen LogP contribution < -0.4 is 14.8 Å². The molecule has 13 heteroatoms. The summed E-state index contributed by atoms with van der Waals surface area (Å²) >= 11 is 0. The van der Waals surface area contributed by atoms with Gasteiger partial charge in [-0.3, -0.25) is 9.52 Å². The number of carbonyl (C=O) groups is 2. The lowest BCUT2D eigenvalue weighted by Gasteiger charge is -2.38. The maximum absolute atomic E-state index is 13.7. The molecule has 0 aliphatic carbocycles. The van der Waals surface area contributed by atoms with Gasteiger partial charge in [0.15, 0.2) is 11.5 Å². The van der Waals surface area contributed by atoms with E-state index in [0.29, 0.717) is 17.1 Å². The Kier molecular flexibility index (Phi) is 8.88. The van der Waals surface area contributed by atoms with Gasteiger partial charge in [0.1, 0.15) is 17.5 Å². The average Bonchev–Trinajstić information content (AvgIpc) is 3.27. The lowest BCUT2D eigenvalue weighted by atomic mass is 9.99. The van der Waals surface area contributed by atoms with E-state index in [2.05, 4.69) is 15.2 Å². The fraction of sp³-hybridized carbons (Fsp3) is 0.393. The Balaban J connectivity index is 1.69. The summed E-state index contributed by atoms with van der Waals surface area (Å²) in [5, 5.41) is 16.6. The first kappa shape index (κ1) is 29.9. The van der Waals surface area contributed by atoms with E-state index in [1.165, 1.54) is 23.1 Å². The number of aryl methyl sites for hydroxylation is 2. The summed E-state index contributed by atoms with van der Waals surface area (Å²) in [6.45, 7) is 7.09. The summed E-state index contributed by atoms with van der Waals surface area (Å²) in [6, 6.07) is 11.5. The molecule has 2 heterocycles. The van der Waals surface area contributed by atoms with Crippen LogP contribution in [0.3, 0.4) is 0 Å². The van der Waals surface area contributed by atoms with Gasteiger partial charge < -0.3 is 29.5 Å². The standard InChI is InChI=1S/C28H35N5O7S/c1-17-14-33(18(2)16-34)27(35)22-12-9-13-23(31-41(37,38)21-10-7-6-8-11-21)26(22)39-24(17)15-32(5)28(36)29-25-19(3)30-40-20(25)4/h6-13,17-18,24,31,34H,14-16H2,1-5H3,(H,29,36)/t17-,18+,24+/m1/s1. The fourth-order valence-corrected chi connectivity index (χ4v) is 5.65. The molecular weight excluding hydrogens is 550 g/mol. The van der Waals surface area contributed by atoms with Crippen molar-refractivity contribution in [1.82, 2.24) is 15.0 Å². The van der Waals surface area contributed by atoms with Gasteiger partial charge in [-0.2, -0.15) is 0 Å². The molecule has 3 amide bonds. The lowest BCUT2D eigenvalue weighted by molar-refractivity contribution is 0.0373. The van der Waals surface area contributed by atoms with Crippen LogP contribution in [0.15, 0.2) is 57.9 Å². The minimum atomic E-state index is -4.01. The first-order valence-electron chi connectivity index (χ1n) is 13.2. The second-order valence-corrected chi connectivity index (χ2v) is 11.9. The summed E-state index contributed by atoms with van der Waals surface area (Å²) in [5.41, 5.74) is 1.23. The summed E-state index contributed by atoms with van der Waals surface area (Å²) in [7, 11) is -2.41. The second-order valence-electron chi connectivity index (χ2n) is 10.2. The van der Waals surface area contributed by atoms with Gasteiger partial charge in [-0.1, -0.05) is 36.3 Å². The zero-order chi connectivity index (χ0) is 29.9. The van der Waals surface area contributed by atoms with Crippen LogP contribution >= 0.6 is 0 Å². The van der Waals surface area contributed by atoms with Gasteiger partial charge in [0.05, 0.1) is 35.3 Å². The summed E-state index contributed by atoms with van der Waals surface area (Å²) in [4.78, 5) is 29.8. The van der Waals surface area contributed by atoms with Crippen molar-refractivity contribution in [3.8, 4) is 5.75 Å². The van der Waals surface area contributed by atoms with Crippen molar-refractivity contribution in [2.75, 3.05) is 36.8 Å². The Bertz CT molecular complexity index is 1490. The number of urea groups is 1. The number of hydrogen-bond acceptors (Lipinski definition) is 8. The van der Waals surface area contributed by atoms with Crippen LogP contribution in [0.1, 0.15) is 35.7 Å². The van der Waals surface area contributed by atoms with E-state index in [-0.39, 0.29) is 47.5 Å². The molecule has 0 saturated heterocycles. The zero-order valence-corrected chi connectivity index (χ0v) is 24.4. The van der Waals surface area contributed by atoms with Gasteiger partial charge in [-0.25, -0.2) is 13.2 Å². The van der Waals surface area contributed by atoms with Gasteiger partial charge in [-0.05, 0) is 45.0 Å². The molecule has 0 radical (unpaired) electrons. The van der Waals surface area contributed by atoms with Gasteiger partial charge in [0.2, 0.25) is 0 Å². The van der Waals surface area contributed by atoms with E-state index in [4.69, 9.17) is 9.26 Å². The quantitative estimate of drug-likeness (QED) is 0.363. The maximum Gasteiger partial charge on any atom is 0.321 e. The number of nitrogens with one attached hydrogen (secondary N) is 2. The first-order chi connectivity index (χ1) is 19.4. The molecule has 0 bridgehead atoms. The van der Waals surface area contributed by atoms with Crippen LogP contribution in [0.2, 0.25) is 0 Å². The van der Waals surface area contributed by atoms with E-state index in [0.717, 1.165) is 0 Å². The number of carbonyl (C=O) groups excluding carboxylic acids is 2. The molecule has 4 rings (SSSR count). The van der Waals surface area contributed by atoms with Crippen LogP contribution in [0.4, 0.5) is 16.2 Å². The molecule has 2 aromatic carbocycles. The molecule has 1 aliphatic heterocycles. The SMILES string of the molecule is Cc1noc(C)c1NC(=O)N(C)C[C@@H]1Oc2c(NS(=O)(=O)c3ccccc3)cccc2C(=O)N([C@@H](C)CO)C[C@H]1C. The van der Waals surface area contributed by atoms with Crippen LogP contribution in [0.25, 0.3) is 0 Å². The number of anilines is 2. The topological polar surface area (TPSA) is 154 Å². The maximum atomic E-state index is 13.7. The van der Waals surface area contributed by atoms with E-state index in [1.54, 1.807) is 63.1 Å². The first-order valence-corrected chi connectivity index (χ1v) is 14.7.